The molecule has 1 atom stereocenters. The van der Waals surface area contributed by atoms with Gasteiger partial charge in [-0.05, 0) is 48.2 Å². The maximum atomic E-state index is 3.51. The van der Waals surface area contributed by atoms with Crippen LogP contribution in [0.3, 0.4) is 0 Å². The summed E-state index contributed by atoms with van der Waals surface area (Å²) in [6.07, 6.45) is 11.3. The molecule has 96 valence electrons. The molecule has 17 heavy (non-hydrogen) atoms. The maximum absolute atomic E-state index is 3.51. The van der Waals surface area contributed by atoms with E-state index in [1.807, 2.05) is 11.3 Å². The molecule has 0 amide bonds. The lowest BCUT2D eigenvalue weighted by Crippen LogP contribution is -2.30. The van der Waals surface area contributed by atoms with Crippen molar-refractivity contribution < 1.29 is 0 Å². The molecule has 0 spiro atoms. The average molecular weight is 251 g/mol. The van der Waals surface area contributed by atoms with Crippen LogP contribution in [0.5, 0.6) is 0 Å². The second kappa shape index (κ2) is 7.17. The Balaban J connectivity index is 1.81. The van der Waals surface area contributed by atoms with Crippen molar-refractivity contribution in [3.63, 3.8) is 0 Å². The predicted octanol–water partition coefficient (Wildman–Crippen LogP) is 4.24. The zero-order valence-electron chi connectivity index (χ0n) is 11.0. The second-order valence-corrected chi connectivity index (χ2v) is 6.19. The van der Waals surface area contributed by atoms with Crippen molar-refractivity contribution >= 4 is 11.3 Å². The van der Waals surface area contributed by atoms with Crippen LogP contribution in [0, 0.1) is 5.92 Å². The van der Waals surface area contributed by atoms with Crippen LogP contribution in [-0.2, 0) is 6.42 Å². The van der Waals surface area contributed by atoms with Crippen molar-refractivity contribution in [1.29, 1.82) is 0 Å². The lowest BCUT2D eigenvalue weighted by molar-refractivity contribution is 0.361. The first kappa shape index (κ1) is 13.1. The maximum Gasteiger partial charge on any atom is 0.0107 e. The van der Waals surface area contributed by atoms with Crippen molar-refractivity contribution in [2.24, 2.45) is 5.92 Å². The normalized spacial score (nSPS) is 20.1. The Labute approximate surface area is 110 Å². The summed E-state index contributed by atoms with van der Waals surface area (Å²) in [4.78, 5) is 0. The fraction of sp³-hybridized carbons (Fsp3) is 0.733. The summed E-state index contributed by atoms with van der Waals surface area (Å²) in [5.74, 6) is 0.966. The molecule has 1 N–H and O–H groups in total. The van der Waals surface area contributed by atoms with Gasteiger partial charge in [0, 0.05) is 6.04 Å². The zero-order chi connectivity index (χ0) is 11.9. The lowest BCUT2D eigenvalue weighted by atomic mass is 9.90. The van der Waals surface area contributed by atoms with Crippen LogP contribution in [0.15, 0.2) is 16.8 Å². The highest BCUT2D eigenvalue weighted by Gasteiger charge is 2.17. The Hall–Kier alpha value is -0.340. The molecule has 1 nitrogen and oxygen atoms in total. The van der Waals surface area contributed by atoms with Gasteiger partial charge in [-0.2, -0.15) is 11.3 Å². The van der Waals surface area contributed by atoms with Crippen molar-refractivity contribution in [3.05, 3.63) is 22.4 Å². The van der Waals surface area contributed by atoms with Gasteiger partial charge in [0.25, 0.3) is 0 Å². The average Bonchev–Trinajstić information content (AvgIpc) is 2.71. The zero-order valence-corrected chi connectivity index (χ0v) is 11.8. The van der Waals surface area contributed by atoms with E-state index in [9.17, 15) is 0 Å². The van der Waals surface area contributed by atoms with E-state index in [0.29, 0.717) is 6.04 Å². The van der Waals surface area contributed by atoms with Crippen molar-refractivity contribution in [2.45, 2.75) is 57.4 Å². The predicted molar refractivity (Wildman–Crippen MR) is 76.7 cm³/mol. The molecule has 1 aliphatic carbocycles. The quantitative estimate of drug-likeness (QED) is 0.772. The van der Waals surface area contributed by atoms with Gasteiger partial charge in [0.1, 0.15) is 0 Å². The third-order valence-electron chi connectivity index (χ3n) is 4.06. The van der Waals surface area contributed by atoms with Crippen molar-refractivity contribution in [1.82, 2.24) is 5.32 Å². The largest absolute Gasteiger partial charge is 0.317 e. The molecule has 1 aliphatic rings. The monoisotopic (exact) mass is 251 g/mol. The molecule has 0 aliphatic heterocycles. The number of hydrogen-bond acceptors (Lipinski definition) is 2. The van der Waals surface area contributed by atoms with Gasteiger partial charge < -0.3 is 5.32 Å². The summed E-state index contributed by atoms with van der Waals surface area (Å²) >= 11 is 1.81. The standard InChI is InChI=1S/C15H25NS/c1-16-15(11-14-8-9-17-12-14)10-13-6-4-2-3-5-7-13/h8-9,12-13,15-16H,2-7,10-11H2,1H3. The van der Waals surface area contributed by atoms with E-state index in [1.54, 1.807) is 0 Å². The fourth-order valence-electron chi connectivity index (χ4n) is 3.00. The molecule has 2 rings (SSSR count). The number of likely N-dealkylation sites (N-methyl/N-ethyl adjacent to an activating group) is 1. The Morgan fingerprint density at radius 2 is 2.06 bits per heavy atom. The Morgan fingerprint density at radius 3 is 2.65 bits per heavy atom. The molecule has 1 saturated carbocycles. The minimum Gasteiger partial charge on any atom is -0.317 e. The number of rotatable bonds is 5. The van der Waals surface area contributed by atoms with E-state index in [0.717, 1.165) is 5.92 Å². The van der Waals surface area contributed by atoms with Crippen LogP contribution in [0.25, 0.3) is 0 Å². The van der Waals surface area contributed by atoms with Gasteiger partial charge in [-0.25, -0.2) is 0 Å². The van der Waals surface area contributed by atoms with Gasteiger partial charge >= 0.3 is 0 Å². The summed E-state index contributed by atoms with van der Waals surface area (Å²) in [7, 11) is 2.12. The van der Waals surface area contributed by atoms with Gasteiger partial charge in [0.05, 0.1) is 0 Å². The first-order chi connectivity index (χ1) is 8.38. The molecule has 1 unspecified atom stereocenters. The third kappa shape index (κ3) is 4.44. The van der Waals surface area contributed by atoms with Crippen LogP contribution in [0.4, 0.5) is 0 Å². The molecular formula is C15H25NS. The molecule has 0 bridgehead atoms. The topological polar surface area (TPSA) is 12.0 Å². The Bertz CT molecular complexity index is 286. The van der Waals surface area contributed by atoms with E-state index in [-0.39, 0.29) is 0 Å². The molecule has 1 fully saturated rings. The molecule has 1 heterocycles. The van der Waals surface area contributed by atoms with Crippen LogP contribution in [0.2, 0.25) is 0 Å². The molecule has 0 radical (unpaired) electrons. The number of thiophene rings is 1. The van der Waals surface area contributed by atoms with E-state index in [4.69, 9.17) is 0 Å². The lowest BCUT2D eigenvalue weighted by Gasteiger charge is -2.22. The van der Waals surface area contributed by atoms with Gasteiger partial charge in [-0.15, -0.1) is 0 Å². The van der Waals surface area contributed by atoms with E-state index >= 15 is 0 Å². The highest BCUT2D eigenvalue weighted by molar-refractivity contribution is 7.07. The van der Waals surface area contributed by atoms with Crippen molar-refractivity contribution in [2.75, 3.05) is 7.05 Å². The highest BCUT2D eigenvalue weighted by atomic mass is 32.1. The summed E-state index contributed by atoms with van der Waals surface area (Å²) in [5, 5.41) is 7.99. The molecule has 2 heteroatoms. The van der Waals surface area contributed by atoms with Crippen LogP contribution < -0.4 is 5.32 Å². The summed E-state index contributed by atoms with van der Waals surface area (Å²) < 4.78 is 0. The first-order valence-electron chi connectivity index (χ1n) is 7.07. The van der Waals surface area contributed by atoms with Gasteiger partial charge in [0.15, 0.2) is 0 Å². The summed E-state index contributed by atoms with van der Waals surface area (Å²) in [6.45, 7) is 0. The minimum absolute atomic E-state index is 0.674. The summed E-state index contributed by atoms with van der Waals surface area (Å²) in [6, 6.07) is 2.94. The number of nitrogens with one attached hydrogen (secondary N) is 1. The van der Waals surface area contributed by atoms with Crippen LogP contribution >= 0.6 is 11.3 Å². The first-order valence-corrected chi connectivity index (χ1v) is 8.01. The third-order valence-corrected chi connectivity index (χ3v) is 4.80. The smallest absolute Gasteiger partial charge is 0.0107 e. The molecule has 1 aromatic heterocycles. The fourth-order valence-corrected chi connectivity index (χ4v) is 3.68. The van der Waals surface area contributed by atoms with E-state index in [1.165, 1.54) is 56.9 Å². The Kier molecular flexibility index (Phi) is 5.53. The second-order valence-electron chi connectivity index (χ2n) is 5.41. The van der Waals surface area contributed by atoms with E-state index < -0.39 is 0 Å². The summed E-state index contributed by atoms with van der Waals surface area (Å²) in [5.41, 5.74) is 1.50. The van der Waals surface area contributed by atoms with Gasteiger partial charge in [-0.3, -0.25) is 0 Å². The van der Waals surface area contributed by atoms with Crippen LogP contribution in [0.1, 0.15) is 50.5 Å². The molecular weight excluding hydrogens is 226 g/mol. The van der Waals surface area contributed by atoms with E-state index in [2.05, 4.69) is 29.2 Å². The number of hydrogen-bond donors (Lipinski definition) is 1. The SMILES string of the molecule is CNC(Cc1ccsc1)CC1CCCCCC1. The molecule has 1 aromatic rings. The van der Waals surface area contributed by atoms with Gasteiger partial charge in [0.2, 0.25) is 0 Å². The van der Waals surface area contributed by atoms with Crippen LogP contribution in [-0.4, -0.2) is 13.1 Å². The molecule has 0 aromatic carbocycles. The van der Waals surface area contributed by atoms with Gasteiger partial charge in [-0.1, -0.05) is 38.5 Å². The highest BCUT2D eigenvalue weighted by Crippen LogP contribution is 2.27. The minimum atomic E-state index is 0.674. The van der Waals surface area contributed by atoms with Crippen molar-refractivity contribution in [3.8, 4) is 0 Å². The Morgan fingerprint density at radius 1 is 1.29 bits per heavy atom. The molecule has 0 saturated heterocycles.